The molecule has 5 rings (SSSR count). The van der Waals surface area contributed by atoms with E-state index >= 15 is 0 Å². The van der Waals surface area contributed by atoms with Gasteiger partial charge in [0.05, 0.1) is 25.7 Å². The third kappa shape index (κ3) is 1.59. The smallest absolute Gasteiger partial charge is 0.316 e. The molecule has 0 radical (unpaired) electrons. The highest BCUT2D eigenvalue weighted by molar-refractivity contribution is 5.96. The standard InChI is InChI=1S/C20H24O7/c1-12-7-15(23)19(11-22)17(10-21)4-2-5-20(19,27-17)18(12)8-14(26-16(18)24)13-3-6-25-9-13/h3,6,9,12,14,21-22H,2,4-5,7-8,10-11H2,1H3/t12-,14+,17-,18+,19+,20+/m1/s1. The monoisotopic (exact) mass is 376 g/mol. The second-order valence-corrected chi connectivity index (χ2v) is 8.65. The lowest BCUT2D eigenvalue weighted by Gasteiger charge is -2.77. The van der Waals surface area contributed by atoms with Gasteiger partial charge in [-0.15, -0.1) is 0 Å². The van der Waals surface area contributed by atoms with E-state index in [1.54, 1.807) is 12.3 Å². The zero-order chi connectivity index (χ0) is 19.1. The van der Waals surface area contributed by atoms with Crippen LogP contribution in [0.1, 0.15) is 50.7 Å². The van der Waals surface area contributed by atoms with Gasteiger partial charge in [-0.05, 0) is 31.2 Å². The minimum absolute atomic E-state index is 0.109. The largest absolute Gasteiger partial charge is 0.472 e. The van der Waals surface area contributed by atoms with Crippen molar-refractivity contribution >= 4 is 11.8 Å². The fourth-order valence-electron chi connectivity index (χ4n) is 6.81. The predicted molar refractivity (Wildman–Crippen MR) is 90.4 cm³/mol. The Morgan fingerprint density at radius 1 is 1.22 bits per heavy atom. The molecule has 146 valence electrons. The molecule has 0 amide bonds. The van der Waals surface area contributed by atoms with Crippen LogP contribution in [0.25, 0.3) is 0 Å². The molecule has 2 saturated carbocycles. The minimum atomic E-state index is -1.25. The van der Waals surface area contributed by atoms with E-state index in [0.717, 1.165) is 12.0 Å². The van der Waals surface area contributed by atoms with Crippen LogP contribution in [0.3, 0.4) is 0 Å². The Morgan fingerprint density at radius 3 is 2.70 bits per heavy atom. The summed E-state index contributed by atoms with van der Waals surface area (Å²) in [5.41, 5.74) is -3.72. The van der Waals surface area contributed by atoms with Crippen LogP contribution in [0.4, 0.5) is 0 Å². The maximum absolute atomic E-state index is 13.3. The van der Waals surface area contributed by atoms with E-state index in [9.17, 15) is 19.8 Å². The van der Waals surface area contributed by atoms with Crippen LogP contribution in [0, 0.1) is 16.7 Å². The number of carbonyl (C=O) groups excluding carboxylic acids is 2. The van der Waals surface area contributed by atoms with Crippen molar-refractivity contribution in [3.8, 4) is 0 Å². The van der Waals surface area contributed by atoms with Crippen molar-refractivity contribution in [3.05, 3.63) is 24.2 Å². The van der Waals surface area contributed by atoms with Gasteiger partial charge in [0.2, 0.25) is 0 Å². The van der Waals surface area contributed by atoms with Gasteiger partial charge in [-0.25, -0.2) is 0 Å². The Hall–Kier alpha value is -1.70. The Labute approximate surface area is 156 Å². The van der Waals surface area contributed by atoms with Crippen molar-refractivity contribution < 1.29 is 33.7 Å². The average molecular weight is 376 g/mol. The predicted octanol–water partition coefficient (Wildman–Crippen LogP) is 1.53. The second kappa shape index (κ2) is 5.21. The summed E-state index contributed by atoms with van der Waals surface area (Å²) in [6, 6.07) is 1.77. The van der Waals surface area contributed by atoms with E-state index in [-0.39, 0.29) is 30.7 Å². The highest BCUT2D eigenvalue weighted by atomic mass is 16.6. The molecule has 1 aromatic heterocycles. The van der Waals surface area contributed by atoms with Gasteiger partial charge in [0.15, 0.2) is 0 Å². The van der Waals surface area contributed by atoms with Gasteiger partial charge in [0.1, 0.15) is 33.9 Å². The molecule has 0 aromatic carbocycles. The number of hydrogen-bond donors (Lipinski definition) is 2. The minimum Gasteiger partial charge on any atom is -0.472 e. The van der Waals surface area contributed by atoms with Crippen LogP contribution in [0.15, 0.2) is 23.0 Å². The van der Waals surface area contributed by atoms with Crippen molar-refractivity contribution in [1.29, 1.82) is 0 Å². The average Bonchev–Trinajstić information content (AvgIpc) is 3.29. The number of Topliss-reactive ketones (excluding diaryl/α,β-unsaturated/α-hetero) is 1. The molecule has 4 fully saturated rings. The van der Waals surface area contributed by atoms with Crippen LogP contribution in [0.5, 0.6) is 0 Å². The molecule has 1 spiro atoms. The third-order valence-corrected chi connectivity index (χ3v) is 8.00. The van der Waals surface area contributed by atoms with Gasteiger partial charge >= 0.3 is 5.97 Å². The number of aliphatic hydroxyl groups excluding tert-OH is 2. The highest BCUT2D eigenvalue weighted by Crippen LogP contribution is 2.77. The lowest BCUT2D eigenvalue weighted by molar-refractivity contribution is -0.439. The summed E-state index contributed by atoms with van der Waals surface area (Å²) >= 11 is 0. The summed E-state index contributed by atoms with van der Waals surface area (Å²) in [6.07, 6.45) is 4.91. The zero-order valence-corrected chi connectivity index (χ0v) is 15.3. The quantitative estimate of drug-likeness (QED) is 0.771. The number of ketones is 1. The van der Waals surface area contributed by atoms with Crippen LogP contribution in [0.2, 0.25) is 0 Å². The molecule has 7 nitrogen and oxygen atoms in total. The zero-order valence-electron chi connectivity index (χ0n) is 15.3. The number of hydrogen-bond acceptors (Lipinski definition) is 7. The lowest BCUT2D eigenvalue weighted by atomic mass is 9.35. The van der Waals surface area contributed by atoms with Gasteiger partial charge in [0.25, 0.3) is 0 Å². The van der Waals surface area contributed by atoms with Crippen molar-refractivity contribution in [2.24, 2.45) is 16.7 Å². The molecule has 6 atom stereocenters. The maximum Gasteiger partial charge on any atom is 0.316 e. The second-order valence-electron chi connectivity index (χ2n) is 8.65. The van der Waals surface area contributed by atoms with Crippen LogP contribution in [-0.2, 0) is 19.1 Å². The molecule has 0 unspecified atom stereocenters. The molecule has 2 aliphatic heterocycles. The first kappa shape index (κ1) is 17.4. The van der Waals surface area contributed by atoms with E-state index in [4.69, 9.17) is 13.9 Å². The topological polar surface area (TPSA) is 106 Å². The Kier molecular flexibility index (Phi) is 3.36. The molecule has 2 N–H and O–H groups in total. The SMILES string of the molecule is C[C@@H]1CC(=O)[C@@]2(CO)[C@]3(CO)CCC[C@]2(O3)[C@@]12C[C@@H](c1ccoc1)OC2=O. The third-order valence-electron chi connectivity index (χ3n) is 8.00. The maximum atomic E-state index is 13.3. The normalized spacial score (nSPS) is 48.3. The Balaban J connectivity index is 1.67. The molecule has 1 aromatic rings. The fourth-order valence-corrected chi connectivity index (χ4v) is 6.81. The Bertz CT molecular complexity index is 803. The van der Waals surface area contributed by atoms with Crippen LogP contribution >= 0.6 is 0 Å². The first-order valence-corrected chi connectivity index (χ1v) is 9.61. The van der Waals surface area contributed by atoms with Crippen molar-refractivity contribution in [2.75, 3.05) is 13.2 Å². The molecular weight excluding hydrogens is 352 g/mol. The number of cyclic esters (lactones) is 1. The van der Waals surface area contributed by atoms with Gasteiger partial charge in [-0.1, -0.05) is 6.92 Å². The van der Waals surface area contributed by atoms with E-state index in [1.165, 1.54) is 6.26 Å². The number of rotatable bonds is 3. The van der Waals surface area contributed by atoms with Crippen molar-refractivity contribution in [1.82, 2.24) is 0 Å². The summed E-state index contributed by atoms with van der Waals surface area (Å²) in [5, 5.41) is 20.5. The molecule has 7 heteroatoms. The fraction of sp³-hybridized carbons (Fsp3) is 0.700. The van der Waals surface area contributed by atoms with Crippen molar-refractivity contribution in [3.63, 3.8) is 0 Å². The molecule has 3 heterocycles. The molecule has 2 saturated heterocycles. The lowest BCUT2D eigenvalue weighted by Crippen LogP contribution is -2.90. The number of furan rings is 1. The number of carbonyl (C=O) groups is 2. The van der Waals surface area contributed by atoms with E-state index in [2.05, 4.69) is 0 Å². The molecule has 2 bridgehead atoms. The van der Waals surface area contributed by atoms with Gasteiger partial charge in [-0.2, -0.15) is 0 Å². The van der Waals surface area contributed by atoms with Crippen molar-refractivity contribution in [2.45, 2.75) is 56.3 Å². The number of aliphatic hydroxyl groups is 2. The summed E-state index contributed by atoms with van der Waals surface area (Å²) in [4.78, 5) is 26.6. The summed E-state index contributed by atoms with van der Waals surface area (Å²) in [5.74, 6) is -0.758. The van der Waals surface area contributed by atoms with Gasteiger partial charge in [0, 0.05) is 18.4 Å². The summed E-state index contributed by atoms with van der Waals surface area (Å²) < 4.78 is 17.3. The van der Waals surface area contributed by atoms with Crippen LogP contribution in [-0.4, -0.2) is 46.4 Å². The highest BCUT2D eigenvalue weighted by Gasteiger charge is 2.89. The van der Waals surface area contributed by atoms with Gasteiger partial charge < -0.3 is 24.1 Å². The van der Waals surface area contributed by atoms with E-state index < -0.39 is 34.7 Å². The van der Waals surface area contributed by atoms with E-state index in [0.29, 0.717) is 19.3 Å². The molecular formula is C20H24O7. The number of esters is 1. The first-order valence-electron chi connectivity index (χ1n) is 9.61. The summed E-state index contributed by atoms with van der Waals surface area (Å²) in [7, 11) is 0. The Morgan fingerprint density at radius 2 is 2.04 bits per heavy atom. The number of ether oxygens (including phenoxy) is 2. The molecule has 4 aliphatic rings. The van der Waals surface area contributed by atoms with Gasteiger partial charge in [-0.3, -0.25) is 9.59 Å². The molecule has 27 heavy (non-hydrogen) atoms. The van der Waals surface area contributed by atoms with Crippen LogP contribution < -0.4 is 0 Å². The first-order chi connectivity index (χ1) is 12.9. The van der Waals surface area contributed by atoms with E-state index in [1.807, 2.05) is 6.92 Å². The molecule has 2 aliphatic carbocycles. The summed E-state index contributed by atoms with van der Waals surface area (Å²) in [6.45, 7) is 1.13.